The number of carboxylic acid groups (broad SMARTS) is 1. The highest BCUT2D eigenvalue weighted by Crippen LogP contribution is 2.21. The number of carbonyl (C=O) groups is 2. The fraction of sp³-hybridized carbons (Fsp3) is 0.429. The van der Waals surface area contributed by atoms with Crippen molar-refractivity contribution in [3.63, 3.8) is 0 Å². The van der Waals surface area contributed by atoms with Gasteiger partial charge >= 0.3 is 11.9 Å². The van der Waals surface area contributed by atoms with Crippen LogP contribution < -0.4 is 0 Å². The summed E-state index contributed by atoms with van der Waals surface area (Å²) in [4.78, 5) is 22.5. The van der Waals surface area contributed by atoms with Gasteiger partial charge in [-0.25, -0.2) is 8.78 Å². The van der Waals surface area contributed by atoms with E-state index < -0.39 is 35.4 Å². The Hall–Kier alpha value is -1.98. The van der Waals surface area contributed by atoms with E-state index in [0.29, 0.717) is 0 Å². The predicted octanol–water partition coefficient (Wildman–Crippen LogP) is 2.41. The van der Waals surface area contributed by atoms with E-state index in [0.717, 1.165) is 12.1 Å². The fourth-order valence-corrected chi connectivity index (χ4v) is 1.91. The molecular weight excluding hydrogens is 270 g/mol. The molecule has 0 spiro atoms. The van der Waals surface area contributed by atoms with Gasteiger partial charge in [0.2, 0.25) is 0 Å². The van der Waals surface area contributed by atoms with Gasteiger partial charge in [0, 0.05) is 6.07 Å². The summed E-state index contributed by atoms with van der Waals surface area (Å²) in [5, 5.41) is 8.87. The molecule has 110 valence electrons. The van der Waals surface area contributed by atoms with Crippen LogP contribution in [0.1, 0.15) is 18.9 Å². The van der Waals surface area contributed by atoms with Gasteiger partial charge in [-0.15, -0.1) is 0 Å². The summed E-state index contributed by atoms with van der Waals surface area (Å²) in [5.74, 6) is -4.67. The van der Waals surface area contributed by atoms with Crippen LogP contribution in [0.5, 0.6) is 0 Å². The third kappa shape index (κ3) is 4.29. The molecule has 0 saturated heterocycles. The number of benzene rings is 1. The summed E-state index contributed by atoms with van der Waals surface area (Å²) in [6.45, 7) is 1.46. The Labute approximate surface area is 115 Å². The average molecular weight is 286 g/mol. The van der Waals surface area contributed by atoms with E-state index in [-0.39, 0.29) is 18.4 Å². The fourth-order valence-electron chi connectivity index (χ4n) is 1.91. The zero-order chi connectivity index (χ0) is 15.3. The molecule has 20 heavy (non-hydrogen) atoms. The van der Waals surface area contributed by atoms with Crippen LogP contribution in [-0.4, -0.2) is 24.2 Å². The molecule has 0 aliphatic rings. The predicted molar refractivity (Wildman–Crippen MR) is 67.0 cm³/mol. The first-order valence-electron chi connectivity index (χ1n) is 6.09. The minimum absolute atomic E-state index is 0.0266. The molecule has 0 radical (unpaired) electrons. The first kappa shape index (κ1) is 16.1. The van der Waals surface area contributed by atoms with Crippen LogP contribution in [0.4, 0.5) is 8.78 Å². The molecule has 0 aliphatic carbocycles. The maximum absolute atomic E-state index is 13.6. The Morgan fingerprint density at radius 3 is 2.50 bits per heavy atom. The Kier molecular flexibility index (Phi) is 5.61. The van der Waals surface area contributed by atoms with E-state index in [1.165, 1.54) is 20.1 Å². The number of hydrogen-bond donors (Lipinski definition) is 1. The van der Waals surface area contributed by atoms with Crippen molar-refractivity contribution in [3.05, 3.63) is 35.4 Å². The maximum Gasteiger partial charge on any atom is 0.309 e. The van der Waals surface area contributed by atoms with Crippen molar-refractivity contribution in [3.8, 4) is 0 Å². The van der Waals surface area contributed by atoms with Crippen molar-refractivity contribution in [2.45, 2.75) is 19.8 Å². The summed E-state index contributed by atoms with van der Waals surface area (Å²) >= 11 is 0. The third-order valence-electron chi connectivity index (χ3n) is 3.08. The molecule has 0 bridgehead atoms. The van der Waals surface area contributed by atoms with Gasteiger partial charge in [0.15, 0.2) is 0 Å². The Balaban J connectivity index is 2.89. The van der Waals surface area contributed by atoms with Crippen molar-refractivity contribution in [1.82, 2.24) is 0 Å². The Morgan fingerprint density at radius 2 is 2.00 bits per heavy atom. The first-order chi connectivity index (χ1) is 9.35. The van der Waals surface area contributed by atoms with E-state index >= 15 is 0 Å². The zero-order valence-corrected chi connectivity index (χ0v) is 11.2. The van der Waals surface area contributed by atoms with Crippen LogP contribution in [0.3, 0.4) is 0 Å². The lowest BCUT2D eigenvalue weighted by molar-refractivity contribution is -0.147. The average Bonchev–Trinajstić information content (AvgIpc) is 2.39. The second kappa shape index (κ2) is 6.98. The molecule has 0 aromatic heterocycles. The van der Waals surface area contributed by atoms with E-state index in [1.807, 2.05) is 0 Å². The molecule has 0 aliphatic heterocycles. The summed E-state index contributed by atoms with van der Waals surface area (Å²) in [7, 11) is 1.18. The van der Waals surface area contributed by atoms with Gasteiger partial charge in [0.1, 0.15) is 11.6 Å². The lowest BCUT2D eigenvalue weighted by atomic mass is 9.90. The van der Waals surface area contributed by atoms with Crippen molar-refractivity contribution < 1.29 is 28.2 Å². The first-order valence-corrected chi connectivity index (χ1v) is 6.09. The minimum atomic E-state index is -1.04. The lowest BCUT2D eigenvalue weighted by Gasteiger charge is -2.17. The van der Waals surface area contributed by atoms with Crippen molar-refractivity contribution in [1.29, 1.82) is 0 Å². The second-order valence-corrected chi connectivity index (χ2v) is 4.63. The molecule has 1 aromatic rings. The normalized spacial score (nSPS) is 13.6. The van der Waals surface area contributed by atoms with Gasteiger partial charge < -0.3 is 9.84 Å². The van der Waals surface area contributed by atoms with Crippen LogP contribution in [-0.2, 0) is 20.7 Å². The number of aliphatic carboxylic acids is 1. The number of carbonyl (C=O) groups excluding carboxylic acids is 1. The van der Waals surface area contributed by atoms with Gasteiger partial charge in [-0.3, -0.25) is 9.59 Å². The van der Waals surface area contributed by atoms with Gasteiger partial charge in [-0.2, -0.15) is 0 Å². The molecule has 1 N–H and O–H groups in total. The van der Waals surface area contributed by atoms with Gasteiger partial charge in [-0.1, -0.05) is 13.0 Å². The van der Waals surface area contributed by atoms with E-state index in [1.54, 1.807) is 0 Å². The highest BCUT2D eigenvalue weighted by molar-refractivity contribution is 5.75. The van der Waals surface area contributed by atoms with Gasteiger partial charge in [0.25, 0.3) is 0 Å². The molecule has 2 atom stereocenters. The highest BCUT2D eigenvalue weighted by atomic mass is 19.1. The highest BCUT2D eigenvalue weighted by Gasteiger charge is 2.26. The SMILES string of the molecule is COC(=O)[C@@H](Cc1ccc(F)cc1F)C[C@@H](C)C(=O)O. The summed E-state index contributed by atoms with van der Waals surface area (Å²) < 4.78 is 31.0. The molecule has 1 rings (SSSR count). The molecule has 0 unspecified atom stereocenters. The monoisotopic (exact) mass is 286 g/mol. The molecule has 0 heterocycles. The number of hydrogen-bond acceptors (Lipinski definition) is 3. The third-order valence-corrected chi connectivity index (χ3v) is 3.08. The van der Waals surface area contributed by atoms with E-state index in [4.69, 9.17) is 5.11 Å². The molecular formula is C14H16F2O4. The quantitative estimate of drug-likeness (QED) is 0.816. The Bertz CT molecular complexity index is 502. The smallest absolute Gasteiger partial charge is 0.309 e. The molecule has 0 amide bonds. The van der Waals surface area contributed by atoms with Crippen LogP contribution in [0.25, 0.3) is 0 Å². The number of carboxylic acids is 1. The summed E-state index contributed by atoms with van der Waals surface area (Å²) in [6, 6.07) is 3.06. The molecule has 6 heteroatoms. The summed E-state index contributed by atoms with van der Waals surface area (Å²) in [6.07, 6.45) is -0.00473. The van der Waals surface area contributed by atoms with E-state index in [9.17, 15) is 18.4 Å². The Morgan fingerprint density at radius 1 is 1.35 bits per heavy atom. The van der Waals surface area contributed by atoms with Crippen LogP contribution in [0.2, 0.25) is 0 Å². The van der Waals surface area contributed by atoms with Crippen molar-refractivity contribution in [2.24, 2.45) is 11.8 Å². The molecule has 1 aromatic carbocycles. The molecule has 0 saturated carbocycles. The van der Waals surface area contributed by atoms with Crippen LogP contribution >= 0.6 is 0 Å². The van der Waals surface area contributed by atoms with Crippen LogP contribution in [0.15, 0.2) is 18.2 Å². The summed E-state index contributed by atoms with van der Waals surface area (Å²) in [5.41, 5.74) is 0.152. The zero-order valence-electron chi connectivity index (χ0n) is 11.2. The van der Waals surface area contributed by atoms with Crippen molar-refractivity contribution in [2.75, 3.05) is 7.11 Å². The van der Waals surface area contributed by atoms with Gasteiger partial charge in [0.05, 0.1) is 18.9 Å². The van der Waals surface area contributed by atoms with E-state index in [2.05, 4.69) is 4.74 Å². The number of methoxy groups -OCH3 is 1. The standard InChI is InChI=1S/C14H16F2O4/c1-8(13(17)18)5-10(14(19)20-2)6-9-3-4-11(15)7-12(9)16/h3-4,7-8,10H,5-6H2,1-2H3,(H,17,18)/t8-,10-/m1/s1. The maximum atomic E-state index is 13.6. The largest absolute Gasteiger partial charge is 0.481 e. The number of ether oxygens (including phenoxy) is 1. The van der Waals surface area contributed by atoms with Crippen LogP contribution in [0, 0.1) is 23.5 Å². The number of rotatable bonds is 6. The molecule has 4 nitrogen and oxygen atoms in total. The second-order valence-electron chi connectivity index (χ2n) is 4.63. The lowest BCUT2D eigenvalue weighted by Crippen LogP contribution is -2.24. The van der Waals surface area contributed by atoms with Gasteiger partial charge in [-0.05, 0) is 24.5 Å². The number of halogens is 2. The van der Waals surface area contributed by atoms with Crippen molar-refractivity contribution >= 4 is 11.9 Å². The topological polar surface area (TPSA) is 63.6 Å². The number of esters is 1. The molecule has 0 fully saturated rings. The minimum Gasteiger partial charge on any atom is -0.481 e.